The Hall–Kier alpha value is -0.270. The molecule has 11 heavy (non-hydrogen) atoms. The predicted octanol–water partition coefficient (Wildman–Crippen LogP) is 2.46. The van der Waals surface area contributed by atoms with Crippen LogP contribution in [0.3, 0.4) is 0 Å². The van der Waals surface area contributed by atoms with E-state index in [-0.39, 0.29) is 5.92 Å². The number of hydrogen-bond donors (Lipinski definition) is 1. The summed E-state index contributed by atoms with van der Waals surface area (Å²) in [5, 5.41) is 10.4. The number of halogens is 1. The molecule has 0 fully saturated rings. The van der Waals surface area contributed by atoms with Gasteiger partial charge in [0.25, 0.3) is 0 Å². The number of allylic oxidation sites excluding steroid dienone is 2. The minimum atomic E-state index is -0.875. The van der Waals surface area contributed by atoms with Gasteiger partial charge < -0.3 is 5.11 Å². The van der Waals surface area contributed by atoms with E-state index in [0.717, 1.165) is 0 Å². The molecule has 2 heteroatoms. The molecular weight excluding hydrogens is 160 g/mol. The van der Waals surface area contributed by atoms with E-state index in [4.69, 9.17) is 11.6 Å². The summed E-state index contributed by atoms with van der Waals surface area (Å²) in [7, 11) is 0. The summed E-state index contributed by atoms with van der Waals surface area (Å²) in [5.74, 6) is 0.111. The molecule has 0 aromatic heterocycles. The molecule has 0 heterocycles. The molecule has 0 bridgehead atoms. The molecule has 0 radical (unpaired) electrons. The van der Waals surface area contributed by atoms with Gasteiger partial charge in [-0.15, -0.1) is 0 Å². The Morgan fingerprint density at radius 1 is 1.55 bits per heavy atom. The zero-order chi connectivity index (χ0) is 8.65. The molecule has 0 aliphatic heterocycles. The summed E-state index contributed by atoms with van der Waals surface area (Å²) >= 11 is 5.83. The van der Waals surface area contributed by atoms with Gasteiger partial charge in [-0.3, -0.25) is 0 Å². The van der Waals surface area contributed by atoms with Crippen molar-refractivity contribution in [3.8, 4) is 0 Å². The van der Waals surface area contributed by atoms with Crippen molar-refractivity contribution in [2.45, 2.75) is 26.4 Å². The third-order valence-electron chi connectivity index (χ3n) is 2.50. The van der Waals surface area contributed by atoms with Crippen molar-refractivity contribution in [3.05, 3.63) is 22.8 Å². The lowest BCUT2D eigenvalue weighted by molar-refractivity contribution is 0.0632. The van der Waals surface area contributed by atoms with Crippen LogP contribution in [0.15, 0.2) is 22.8 Å². The Kier molecular flexibility index (Phi) is 2.13. The Bertz CT molecular complexity index is 226. The first kappa shape index (κ1) is 8.82. The minimum absolute atomic E-state index is 0.111. The van der Waals surface area contributed by atoms with Crippen LogP contribution in [0.2, 0.25) is 0 Å². The standard InChI is InChI=1S/C9H13ClO/c1-6-4-5-8(10)9(3,11)7(6)2/h4-5,7,11H,1-3H3. The van der Waals surface area contributed by atoms with Crippen LogP contribution in [0.1, 0.15) is 20.8 Å². The fourth-order valence-electron chi connectivity index (χ4n) is 1.17. The molecule has 0 aromatic carbocycles. The summed E-state index contributed by atoms with van der Waals surface area (Å²) < 4.78 is 0. The van der Waals surface area contributed by atoms with Gasteiger partial charge in [-0.25, -0.2) is 0 Å². The van der Waals surface area contributed by atoms with E-state index in [9.17, 15) is 5.11 Å². The Labute approximate surface area is 72.4 Å². The highest BCUT2D eigenvalue weighted by Crippen LogP contribution is 2.36. The second kappa shape index (κ2) is 2.65. The van der Waals surface area contributed by atoms with Crippen LogP contribution in [0.25, 0.3) is 0 Å². The lowest BCUT2D eigenvalue weighted by Crippen LogP contribution is -2.35. The molecule has 0 saturated heterocycles. The van der Waals surface area contributed by atoms with E-state index in [1.165, 1.54) is 5.57 Å². The molecule has 1 rings (SSSR count). The maximum atomic E-state index is 9.84. The van der Waals surface area contributed by atoms with Gasteiger partial charge in [-0.05, 0) is 19.9 Å². The Morgan fingerprint density at radius 3 is 2.55 bits per heavy atom. The van der Waals surface area contributed by atoms with Crippen LogP contribution in [0.5, 0.6) is 0 Å². The molecule has 2 unspecified atom stereocenters. The minimum Gasteiger partial charge on any atom is -0.384 e. The lowest BCUT2D eigenvalue weighted by atomic mass is 9.81. The largest absolute Gasteiger partial charge is 0.384 e. The molecule has 0 spiro atoms. The number of hydrogen-bond acceptors (Lipinski definition) is 1. The first-order valence-electron chi connectivity index (χ1n) is 3.73. The second-order valence-corrected chi connectivity index (χ2v) is 3.70. The summed E-state index contributed by atoms with van der Waals surface area (Å²) in [6.07, 6.45) is 3.71. The van der Waals surface area contributed by atoms with Gasteiger partial charge in [0.05, 0.1) is 0 Å². The van der Waals surface area contributed by atoms with Crippen LogP contribution in [0, 0.1) is 5.92 Å². The average Bonchev–Trinajstić information content (AvgIpc) is 1.95. The van der Waals surface area contributed by atoms with Crippen LogP contribution >= 0.6 is 11.6 Å². The second-order valence-electron chi connectivity index (χ2n) is 3.29. The summed E-state index contributed by atoms with van der Waals surface area (Å²) in [6, 6.07) is 0. The van der Waals surface area contributed by atoms with Crippen LogP contribution < -0.4 is 0 Å². The van der Waals surface area contributed by atoms with Crippen molar-refractivity contribution in [1.82, 2.24) is 0 Å². The lowest BCUT2D eigenvalue weighted by Gasteiger charge is -2.33. The van der Waals surface area contributed by atoms with Gasteiger partial charge in [0, 0.05) is 11.0 Å². The number of aliphatic hydroxyl groups is 1. The molecule has 0 saturated carbocycles. The van der Waals surface area contributed by atoms with Gasteiger partial charge >= 0.3 is 0 Å². The van der Waals surface area contributed by atoms with Crippen LogP contribution in [-0.4, -0.2) is 10.7 Å². The predicted molar refractivity (Wildman–Crippen MR) is 47.5 cm³/mol. The fraction of sp³-hybridized carbons (Fsp3) is 0.556. The monoisotopic (exact) mass is 172 g/mol. The molecule has 1 aliphatic carbocycles. The van der Waals surface area contributed by atoms with E-state index in [1.54, 1.807) is 13.0 Å². The smallest absolute Gasteiger partial charge is 0.104 e. The number of rotatable bonds is 0. The molecule has 2 atom stereocenters. The first-order chi connectivity index (χ1) is 4.96. The third-order valence-corrected chi connectivity index (χ3v) is 3.01. The molecular formula is C9H13ClO. The molecule has 1 N–H and O–H groups in total. The van der Waals surface area contributed by atoms with Crippen molar-refractivity contribution >= 4 is 11.6 Å². The first-order valence-corrected chi connectivity index (χ1v) is 4.11. The van der Waals surface area contributed by atoms with Crippen molar-refractivity contribution < 1.29 is 5.11 Å². The van der Waals surface area contributed by atoms with E-state index in [1.807, 2.05) is 19.9 Å². The highest BCUT2D eigenvalue weighted by Gasteiger charge is 2.34. The van der Waals surface area contributed by atoms with Gasteiger partial charge in [0.15, 0.2) is 0 Å². The highest BCUT2D eigenvalue weighted by atomic mass is 35.5. The maximum Gasteiger partial charge on any atom is 0.104 e. The maximum absolute atomic E-state index is 9.84. The molecule has 1 nitrogen and oxygen atoms in total. The van der Waals surface area contributed by atoms with E-state index in [2.05, 4.69) is 0 Å². The van der Waals surface area contributed by atoms with Crippen LogP contribution in [-0.2, 0) is 0 Å². The fourth-order valence-corrected chi connectivity index (χ4v) is 1.39. The molecule has 0 aromatic rings. The van der Waals surface area contributed by atoms with E-state index in [0.29, 0.717) is 5.03 Å². The van der Waals surface area contributed by atoms with Gasteiger partial charge in [-0.2, -0.15) is 0 Å². The Morgan fingerprint density at radius 2 is 2.09 bits per heavy atom. The van der Waals surface area contributed by atoms with E-state index >= 15 is 0 Å². The van der Waals surface area contributed by atoms with Crippen molar-refractivity contribution in [1.29, 1.82) is 0 Å². The third kappa shape index (κ3) is 1.35. The average molecular weight is 173 g/mol. The van der Waals surface area contributed by atoms with Crippen LogP contribution in [0.4, 0.5) is 0 Å². The van der Waals surface area contributed by atoms with Crippen molar-refractivity contribution in [2.24, 2.45) is 5.92 Å². The van der Waals surface area contributed by atoms with Gasteiger partial charge in [-0.1, -0.05) is 30.2 Å². The molecule has 62 valence electrons. The van der Waals surface area contributed by atoms with Gasteiger partial charge in [0.2, 0.25) is 0 Å². The van der Waals surface area contributed by atoms with E-state index < -0.39 is 5.60 Å². The zero-order valence-electron chi connectivity index (χ0n) is 7.06. The van der Waals surface area contributed by atoms with Crippen molar-refractivity contribution in [3.63, 3.8) is 0 Å². The Balaban J connectivity index is 3.03. The molecule has 0 amide bonds. The summed E-state index contributed by atoms with van der Waals surface area (Å²) in [6.45, 7) is 5.72. The highest BCUT2D eigenvalue weighted by molar-refractivity contribution is 6.30. The van der Waals surface area contributed by atoms with Crippen molar-refractivity contribution in [2.75, 3.05) is 0 Å². The summed E-state index contributed by atoms with van der Waals surface area (Å²) in [5.41, 5.74) is 0.291. The SMILES string of the molecule is CC1=CC=C(Cl)C(C)(O)C1C. The quantitative estimate of drug-likeness (QED) is 0.595. The van der Waals surface area contributed by atoms with Gasteiger partial charge in [0.1, 0.15) is 5.60 Å². The molecule has 1 aliphatic rings. The topological polar surface area (TPSA) is 20.2 Å². The summed E-state index contributed by atoms with van der Waals surface area (Å²) in [4.78, 5) is 0. The zero-order valence-corrected chi connectivity index (χ0v) is 7.81. The normalized spacial score (nSPS) is 38.1.